The van der Waals surface area contributed by atoms with Crippen molar-refractivity contribution in [2.75, 3.05) is 11.4 Å². The number of aryl methyl sites for hydroxylation is 2. The maximum atomic E-state index is 7.93. The summed E-state index contributed by atoms with van der Waals surface area (Å²) in [6, 6.07) is 6.46. The van der Waals surface area contributed by atoms with Crippen LogP contribution in [-0.4, -0.2) is 12.4 Å². The predicted molar refractivity (Wildman–Crippen MR) is 64.8 cm³/mol. The van der Waals surface area contributed by atoms with E-state index < -0.39 is 0 Å². The number of rotatable bonds is 1. The van der Waals surface area contributed by atoms with Crippen LogP contribution >= 0.6 is 0 Å². The van der Waals surface area contributed by atoms with Gasteiger partial charge in [-0.05, 0) is 49.9 Å². The second-order valence-electron chi connectivity index (χ2n) is 4.32. The second kappa shape index (κ2) is 4.05. The molecule has 0 amide bonds. The van der Waals surface area contributed by atoms with E-state index in [0.29, 0.717) is 0 Å². The van der Waals surface area contributed by atoms with Gasteiger partial charge in [0.2, 0.25) is 0 Å². The van der Waals surface area contributed by atoms with Crippen LogP contribution in [0.3, 0.4) is 0 Å². The van der Waals surface area contributed by atoms with Crippen molar-refractivity contribution in [2.45, 2.75) is 33.1 Å². The fraction of sp³-hybridized carbons (Fsp3) is 0.462. The summed E-state index contributed by atoms with van der Waals surface area (Å²) in [6.45, 7) is 5.26. The molecular weight excluding hydrogens is 184 g/mol. The van der Waals surface area contributed by atoms with E-state index in [0.717, 1.165) is 18.8 Å². The number of amidine groups is 1. The summed E-state index contributed by atoms with van der Waals surface area (Å²) in [5.41, 5.74) is 3.82. The summed E-state index contributed by atoms with van der Waals surface area (Å²) in [6.07, 6.45) is 3.29. The summed E-state index contributed by atoms with van der Waals surface area (Å²) >= 11 is 0. The van der Waals surface area contributed by atoms with Gasteiger partial charge in [-0.3, -0.25) is 5.41 Å². The SMILES string of the molecule is Cc1ccc(N2CCCCC2=N)cc1C. The highest BCUT2D eigenvalue weighted by Gasteiger charge is 2.16. The Balaban J connectivity index is 2.28. The van der Waals surface area contributed by atoms with Gasteiger partial charge < -0.3 is 4.90 Å². The molecule has 2 heteroatoms. The Morgan fingerprint density at radius 1 is 1.13 bits per heavy atom. The number of nitrogens with one attached hydrogen (secondary N) is 1. The van der Waals surface area contributed by atoms with Crippen LogP contribution in [0.4, 0.5) is 5.69 Å². The third-order valence-electron chi connectivity index (χ3n) is 3.17. The van der Waals surface area contributed by atoms with Gasteiger partial charge in [0.05, 0.1) is 0 Å². The topological polar surface area (TPSA) is 27.1 Å². The van der Waals surface area contributed by atoms with E-state index in [4.69, 9.17) is 5.41 Å². The third kappa shape index (κ3) is 2.04. The molecule has 80 valence electrons. The molecule has 1 saturated heterocycles. The van der Waals surface area contributed by atoms with Crippen LogP contribution in [0, 0.1) is 19.3 Å². The van der Waals surface area contributed by atoms with E-state index in [-0.39, 0.29) is 0 Å². The van der Waals surface area contributed by atoms with E-state index in [1.54, 1.807) is 0 Å². The molecule has 1 aromatic rings. The largest absolute Gasteiger partial charge is 0.330 e. The molecule has 0 aromatic heterocycles. The average molecular weight is 202 g/mol. The molecular formula is C13H18N2. The lowest BCUT2D eigenvalue weighted by Gasteiger charge is -2.29. The van der Waals surface area contributed by atoms with Gasteiger partial charge in [-0.15, -0.1) is 0 Å². The van der Waals surface area contributed by atoms with E-state index in [1.165, 1.54) is 29.7 Å². The first kappa shape index (κ1) is 10.2. The van der Waals surface area contributed by atoms with Crippen LogP contribution in [0.25, 0.3) is 0 Å². The van der Waals surface area contributed by atoms with Crippen molar-refractivity contribution in [3.8, 4) is 0 Å². The van der Waals surface area contributed by atoms with Gasteiger partial charge in [0, 0.05) is 18.7 Å². The standard InChI is InChI=1S/C13H18N2/c1-10-6-7-12(9-11(10)2)15-8-4-3-5-13(15)14/h6-7,9,14H,3-5,8H2,1-2H3. The van der Waals surface area contributed by atoms with Crippen molar-refractivity contribution in [2.24, 2.45) is 0 Å². The molecule has 0 bridgehead atoms. The zero-order chi connectivity index (χ0) is 10.8. The molecule has 1 aromatic carbocycles. The van der Waals surface area contributed by atoms with E-state index in [1.807, 2.05) is 0 Å². The molecule has 0 unspecified atom stereocenters. The zero-order valence-corrected chi connectivity index (χ0v) is 9.51. The minimum Gasteiger partial charge on any atom is -0.330 e. The summed E-state index contributed by atoms with van der Waals surface area (Å²) in [7, 11) is 0. The first-order chi connectivity index (χ1) is 7.18. The smallest absolute Gasteiger partial charge is 0.100 e. The normalized spacial score (nSPS) is 16.9. The monoisotopic (exact) mass is 202 g/mol. The molecule has 1 heterocycles. The first-order valence-corrected chi connectivity index (χ1v) is 5.61. The van der Waals surface area contributed by atoms with E-state index >= 15 is 0 Å². The number of benzene rings is 1. The second-order valence-corrected chi connectivity index (χ2v) is 4.32. The highest BCUT2D eigenvalue weighted by atomic mass is 15.2. The van der Waals surface area contributed by atoms with Crippen molar-refractivity contribution in [3.05, 3.63) is 29.3 Å². The highest BCUT2D eigenvalue weighted by molar-refractivity contribution is 5.96. The molecule has 15 heavy (non-hydrogen) atoms. The molecule has 1 aliphatic heterocycles. The number of hydrogen-bond donors (Lipinski definition) is 1. The number of piperidine rings is 1. The lowest BCUT2D eigenvalue weighted by atomic mass is 10.1. The molecule has 1 fully saturated rings. The van der Waals surface area contributed by atoms with E-state index in [2.05, 4.69) is 36.9 Å². The molecule has 0 spiro atoms. The van der Waals surface area contributed by atoms with Gasteiger partial charge >= 0.3 is 0 Å². The third-order valence-corrected chi connectivity index (χ3v) is 3.17. The summed E-state index contributed by atoms with van der Waals surface area (Å²) in [5, 5.41) is 7.93. The van der Waals surface area contributed by atoms with Crippen molar-refractivity contribution < 1.29 is 0 Å². The molecule has 2 nitrogen and oxygen atoms in total. The number of anilines is 1. The quantitative estimate of drug-likeness (QED) is 0.743. The van der Waals surface area contributed by atoms with Crippen LogP contribution in [0.1, 0.15) is 30.4 Å². The van der Waals surface area contributed by atoms with Crippen molar-refractivity contribution in [3.63, 3.8) is 0 Å². The minimum atomic E-state index is 0.768. The fourth-order valence-electron chi connectivity index (χ4n) is 2.01. The Labute approximate surface area is 91.4 Å². The van der Waals surface area contributed by atoms with Crippen molar-refractivity contribution in [1.29, 1.82) is 5.41 Å². The molecule has 1 aliphatic rings. The van der Waals surface area contributed by atoms with Gasteiger partial charge in [0.1, 0.15) is 5.84 Å². The van der Waals surface area contributed by atoms with Crippen LogP contribution in [0.15, 0.2) is 18.2 Å². The van der Waals surface area contributed by atoms with Gasteiger partial charge in [0.15, 0.2) is 0 Å². The fourth-order valence-corrected chi connectivity index (χ4v) is 2.01. The van der Waals surface area contributed by atoms with Crippen LogP contribution in [0.2, 0.25) is 0 Å². The summed E-state index contributed by atoms with van der Waals surface area (Å²) in [5.74, 6) is 0.768. The van der Waals surface area contributed by atoms with Crippen molar-refractivity contribution >= 4 is 11.5 Å². The molecule has 1 N–H and O–H groups in total. The maximum absolute atomic E-state index is 7.93. The Kier molecular flexibility index (Phi) is 2.76. The molecule has 0 saturated carbocycles. The molecule has 0 aliphatic carbocycles. The van der Waals surface area contributed by atoms with Gasteiger partial charge in [-0.25, -0.2) is 0 Å². The lowest BCUT2D eigenvalue weighted by molar-refractivity contribution is 0.707. The minimum absolute atomic E-state index is 0.768. The average Bonchev–Trinajstić information content (AvgIpc) is 2.23. The summed E-state index contributed by atoms with van der Waals surface area (Å²) < 4.78 is 0. The predicted octanol–water partition coefficient (Wildman–Crippen LogP) is 3.27. The Bertz CT molecular complexity index is 382. The van der Waals surface area contributed by atoms with Crippen molar-refractivity contribution in [1.82, 2.24) is 0 Å². The molecule has 0 radical (unpaired) electrons. The first-order valence-electron chi connectivity index (χ1n) is 5.61. The van der Waals surface area contributed by atoms with Gasteiger partial charge in [-0.2, -0.15) is 0 Å². The Morgan fingerprint density at radius 2 is 1.93 bits per heavy atom. The summed E-state index contributed by atoms with van der Waals surface area (Å²) in [4.78, 5) is 2.13. The maximum Gasteiger partial charge on any atom is 0.100 e. The zero-order valence-electron chi connectivity index (χ0n) is 9.51. The molecule has 2 rings (SSSR count). The Hall–Kier alpha value is -1.31. The van der Waals surface area contributed by atoms with E-state index in [9.17, 15) is 0 Å². The van der Waals surface area contributed by atoms with Gasteiger partial charge in [0.25, 0.3) is 0 Å². The molecule has 0 atom stereocenters. The number of hydrogen-bond acceptors (Lipinski definition) is 1. The van der Waals surface area contributed by atoms with Crippen LogP contribution < -0.4 is 4.90 Å². The lowest BCUT2D eigenvalue weighted by Crippen LogP contribution is -2.34. The number of nitrogens with zero attached hydrogens (tertiary/aromatic N) is 1. The van der Waals surface area contributed by atoms with Crippen LogP contribution in [0.5, 0.6) is 0 Å². The van der Waals surface area contributed by atoms with Gasteiger partial charge in [-0.1, -0.05) is 6.07 Å². The Morgan fingerprint density at radius 3 is 2.60 bits per heavy atom. The highest BCUT2D eigenvalue weighted by Crippen LogP contribution is 2.23. The van der Waals surface area contributed by atoms with Crippen LogP contribution in [-0.2, 0) is 0 Å².